The van der Waals surface area contributed by atoms with Crippen LogP contribution in [0.2, 0.25) is 0 Å². The van der Waals surface area contributed by atoms with Crippen molar-refractivity contribution in [3.63, 3.8) is 0 Å². The summed E-state index contributed by atoms with van der Waals surface area (Å²) in [5.41, 5.74) is 6.40. The first-order valence-electron chi connectivity index (χ1n) is 4.04. The quantitative estimate of drug-likeness (QED) is 0.823. The molecule has 0 aromatic carbocycles. The molecule has 0 amide bonds. The molecule has 0 aliphatic carbocycles. The lowest BCUT2D eigenvalue weighted by Gasteiger charge is -2.10. The minimum absolute atomic E-state index is 0.0214. The molecule has 1 atom stereocenters. The smallest absolute Gasteiger partial charge is 0.250 e. The van der Waals surface area contributed by atoms with Gasteiger partial charge in [-0.05, 0) is 13.0 Å². The second-order valence-electron chi connectivity index (χ2n) is 3.05. The Labute approximate surface area is 97.6 Å². The Morgan fingerprint density at radius 1 is 1.50 bits per heavy atom. The summed E-state index contributed by atoms with van der Waals surface area (Å²) in [5, 5.41) is 0. The van der Waals surface area contributed by atoms with E-state index in [0.29, 0.717) is 6.42 Å². The fourth-order valence-corrected chi connectivity index (χ4v) is 1.25. The van der Waals surface area contributed by atoms with Crippen molar-refractivity contribution in [2.45, 2.75) is 23.2 Å². The van der Waals surface area contributed by atoms with Gasteiger partial charge in [-0.1, -0.05) is 34.8 Å². The summed E-state index contributed by atoms with van der Waals surface area (Å²) >= 11 is 16.9. The van der Waals surface area contributed by atoms with Crippen molar-refractivity contribution in [3.05, 3.63) is 23.8 Å². The molecule has 0 aliphatic heterocycles. The molecule has 1 heterocycles. The molecule has 1 aromatic heterocycles. The first kappa shape index (κ1) is 12.0. The number of nitrogens with zero attached hydrogens (tertiary/aromatic N) is 2. The molecule has 1 unspecified atom stereocenters. The second-order valence-corrected chi connectivity index (χ2v) is 5.33. The molecule has 78 valence electrons. The summed E-state index contributed by atoms with van der Waals surface area (Å²) in [4.78, 5) is 7.97. The van der Waals surface area contributed by atoms with Crippen molar-refractivity contribution >= 4 is 34.8 Å². The summed E-state index contributed by atoms with van der Waals surface area (Å²) in [6.45, 7) is 1.89. The Hall–Kier alpha value is -0.0900. The number of hydrogen-bond donors (Lipinski definition) is 1. The van der Waals surface area contributed by atoms with Crippen LogP contribution in [0.25, 0.3) is 0 Å². The largest absolute Gasteiger partial charge is 0.328 e. The third-order valence-electron chi connectivity index (χ3n) is 1.50. The molecule has 0 radical (unpaired) electrons. The van der Waals surface area contributed by atoms with Crippen molar-refractivity contribution < 1.29 is 0 Å². The van der Waals surface area contributed by atoms with E-state index in [2.05, 4.69) is 9.97 Å². The van der Waals surface area contributed by atoms with Gasteiger partial charge in [-0.3, -0.25) is 0 Å². The summed E-state index contributed by atoms with van der Waals surface area (Å²) < 4.78 is -1.58. The van der Waals surface area contributed by atoms with Gasteiger partial charge in [0, 0.05) is 24.4 Å². The monoisotopic (exact) mass is 253 g/mol. The molecule has 2 N–H and O–H groups in total. The van der Waals surface area contributed by atoms with E-state index in [-0.39, 0.29) is 11.9 Å². The molecular formula is C8H10Cl3N3. The second kappa shape index (κ2) is 4.62. The first-order valence-corrected chi connectivity index (χ1v) is 5.17. The SMILES string of the molecule is CC(N)Cc1ccnc(C(Cl)(Cl)Cl)n1. The Morgan fingerprint density at radius 2 is 2.14 bits per heavy atom. The van der Waals surface area contributed by atoms with Gasteiger partial charge in [0.15, 0.2) is 5.82 Å². The van der Waals surface area contributed by atoms with E-state index >= 15 is 0 Å². The average Bonchev–Trinajstić information content (AvgIpc) is 2.01. The van der Waals surface area contributed by atoms with Crippen molar-refractivity contribution in [3.8, 4) is 0 Å². The minimum atomic E-state index is -1.58. The van der Waals surface area contributed by atoms with Gasteiger partial charge in [0.25, 0.3) is 0 Å². The Bertz CT molecular complexity index is 309. The zero-order chi connectivity index (χ0) is 10.8. The zero-order valence-corrected chi connectivity index (χ0v) is 9.81. The summed E-state index contributed by atoms with van der Waals surface area (Å²) in [7, 11) is 0. The fraction of sp³-hybridized carbons (Fsp3) is 0.500. The van der Waals surface area contributed by atoms with Gasteiger partial charge < -0.3 is 5.73 Å². The fourth-order valence-electron chi connectivity index (χ4n) is 0.976. The highest BCUT2D eigenvalue weighted by atomic mass is 35.6. The molecule has 0 bridgehead atoms. The Balaban J connectivity index is 2.90. The molecule has 0 saturated heterocycles. The number of alkyl halides is 3. The Kier molecular flexibility index (Phi) is 3.95. The molecule has 1 rings (SSSR count). The van der Waals surface area contributed by atoms with Gasteiger partial charge in [-0.25, -0.2) is 9.97 Å². The number of aromatic nitrogens is 2. The number of nitrogens with two attached hydrogens (primary N) is 1. The highest BCUT2D eigenvalue weighted by Gasteiger charge is 2.26. The predicted molar refractivity (Wildman–Crippen MR) is 58.6 cm³/mol. The highest BCUT2D eigenvalue weighted by Crippen LogP contribution is 2.35. The lowest BCUT2D eigenvalue weighted by atomic mass is 10.2. The third-order valence-corrected chi connectivity index (χ3v) is 2.01. The van der Waals surface area contributed by atoms with Gasteiger partial charge in [0.2, 0.25) is 3.79 Å². The van der Waals surface area contributed by atoms with Gasteiger partial charge in [-0.2, -0.15) is 0 Å². The van der Waals surface area contributed by atoms with E-state index in [1.807, 2.05) is 6.92 Å². The molecule has 6 heteroatoms. The molecule has 14 heavy (non-hydrogen) atoms. The van der Waals surface area contributed by atoms with Gasteiger partial charge in [0.05, 0.1) is 0 Å². The van der Waals surface area contributed by atoms with Gasteiger partial charge >= 0.3 is 0 Å². The van der Waals surface area contributed by atoms with E-state index in [1.54, 1.807) is 12.3 Å². The van der Waals surface area contributed by atoms with Crippen LogP contribution in [-0.2, 0) is 10.2 Å². The number of rotatable bonds is 2. The molecule has 3 nitrogen and oxygen atoms in total. The lowest BCUT2D eigenvalue weighted by molar-refractivity contribution is 0.713. The van der Waals surface area contributed by atoms with E-state index in [1.165, 1.54) is 0 Å². The van der Waals surface area contributed by atoms with Gasteiger partial charge in [-0.15, -0.1) is 0 Å². The van der Waals surface area contributed by atoms with E-state index < -0.39 is 3.79 Å². The van der Waals surface area contributed by atoms with Crippen molar-refractivity contribution in [1.82, 2.24) is 9.97 Å². The van der Waals surface area contributed by atoms with Crippen LogP contribution < -0.4 is 5.73 Å². The van der Waals surface area contributed by atoms with Crippen molar-refractivity contribution in [2.75, 3.05) is 0 Å². The summed E-state index contributed by atoms with van der Waals surface area (Å²) in [6.07, 6.45) is 2.19. The van der Waals surface area contributed by atoms with Crippen LogP contribution in [0.15, 0.2) is 12.3 Å². The topological polar surface area (TPSA) is 51.8 Å². The Morgan fingerprint density at radius 3 is 2.64 bits per heavy atom. The third kappa shape index (κ3) is 3.58. The number of halogens is 3. The lowest BCUT2D eigenvalue weighted by Crippen LogP contribution is -2.19. The van der Waals surface area contributed by atoms with Crippen LogP contribution in [0.1, 0.15) is 18.4 Å². The van der Waals surface area contributed by atoms with E-state index in [0.717, 1.165) is 5.69 Å². The first-order chi connectivity index (χ1) is 6.39. The van der Waals surface area contributed by atoms with Crippen LogP contribution in [0.3, 0.4) is 0 Å². The molecule has 1 aromatic rings. The molecular weight excluding hydrogens is 244 g/mol. The van der Waals surface area contributed by atoms with E-state index in [4.69, 9.17) is 40.5 Å². The summed E-state index contributed by atoms with van der Waals surface area (Å²) in [5.74, 6) is 0.181. The maximum Gasteiger partial charge on any atom is 0.250 e. The van der Waals surface area contributed by atoms with Crippen LogP contribution in [-0.4, -0.2) is 16.0 Å². The normalized spacial score (nSPS) is 14.1. The van der Waals surface area contributed by atoms with E-state index in [9.17, 15) is 0 Å². The highest BCUT2D eigenvalue weighted by molar-refractivity contribution is 6.66. The standard InChI is InChI=1S/C8H10Cl3N3/c1-5(12)4-6-2-3-13-7(14-6)8(9,10)11/h2-3,5H,4,12H2,1H3. The molecule has 0 spiro atoms. The molecule has 0 fully saturated rings. The predicted octanol–water partition coefficient (Wildman–Crippen LogP) is 2.19. The average molecular weight is 255 g/mol. The van der Waals surface area contributed by atoms with Gasteiger partial charge in [0.1, 0.15) is 0 Å². The zero-order valence-electron chi connectivity index (χ0n) is 7.54. The van der Waals surface area contributed by atoms with Crippen LogP contribution in [0.4, 0.5) is 0 Å². The molecule has 0 saturated carbocycles. The molecule has 0 aliphatic rings. The van der Waals surface area contributed by atoms with Crippen LogP contribution in [0.5, 0.6) is 0 Å². The van der Waals surface area contributed by atoms with Crippen LogP contribution >= 0.6 is 34.8 Å². The maximum absolute atomic E-state index is 5.64. The van der Waals surface area contributed by atoms with Crippen molar-refractivity contribution in [2.24, 2.45) is 5.73 Å². The summed E-state index contributed by atoms with van der Waals surface area (Å²) in [6, 6.07) is 1.77. The van der Waals surface area contributed by atoms with Crippen molar-refractivity contribution in [1.29, 1.82) is 0 Å². The van der Waals surface area contributed by atoms with Crippen LogP contribution in [0, 0.1) is 0 Å². The number of hydrogen-bond acceptors (Lipinski definition) is 3. The maximum atomic E-state index is 5.64. The minimum Gasteiger partial charge on any atom is -0.328 e.